The third-order valence-corrected chi connectivity index (χ3v) is 4.53. The molecule has 1 unspecified atom stereocenters. The van der Waals surface area contributed by atoms with E-state index in [-0.39, 0.29) is 24.0 Å². The van der Waals surface area contributed by atoms with Crippen molar-refractivity contribution in [1.29, 1.82) is 0 Å². The summed E-state index contributed by atoms with van der Waals surface area (Å²) in [5, 5.41) is 9.18. The second-order valence-corrected chi connectivity index (χ2v) is 5.83. The van der Waals surface area contributed by atoms with E-state index < -0.39 is 0 Å². The summed E-state index contributed by atoms with van der Waals surface area (Å²) in [6.45, 7) is 2.04. The zero-order chi connectivity index (χ0) is 13.7. The van der Waals surface area contributed by atoms with Crippen LogP contribution < -0.4 is 5.73 Å². The van der Waals surface area contributed by atoms with E-state index in [0.717, 1.165) is 25.7 Å². The molecule has 2 fully saturated rings. The maximum Gasteiger partial charge on any atom is 0.230 e. The van der Waals surface area contributed by atoms with Crippen LogP contribution in [-0.4, -0.2) is 54.9 Å². The number of carbonyl (C=O) groups excluding carboxylic acids is 1. The van der Waals surface area contributed by atoms with E-state index in [4.69, 9.17) is 10.5 Å². The first-order valence-electron chi connectivity index (χ1n) is 7.44. The molecule has 0 aromatic carbocycles. The van der Waals surface area contributed by atoms with Gasteiger partial charge < -0.3 is 20.5 Å². The molecule has 1 aliphatic heterocycles. The van der Waals surface area contributed by atoms with Gasteiger partial charge in [-0.2, -0.15) is 0 Å². The number of nitrogens with zero attached hydrogens (tertiary/aromatic N) is 1. The van der Waals surface area contributed by atoms with Crippen molar-refractivity contribution in [2.24, 2.45) is 11.1 Å². The van der Waals surface area contributed by atoms with Gasteiger partial charge in [0.05, 0.1) is 24.7 Å². The number of hydrogen-bond acceptors (Lipinski definition) is 4. The van der Waals surface area contributed by atoms with Crippen LogP contribution in [-0.2, 0) is 9.53 Å². The summed E-state index contributed by atoms with van der Waals surface area (Å²) in [5.74, 6) is 0.179. The summed E-state index contributed by atoms with van der Waals surface area (Å²) >= 11 is 0. The number of carbonyl (C=O) groups is 1. The molecule has 110 valence electrons. The minimum Gasteiger partial charge on any atom is -0.394 e. The molecular formula is C14H26N2O3. The Hall–Kier alpha value is -0.650. The Morgan fingerprint density at radius 3 is 2.58 bits per heavy atom. The van der Waals surface area contributed by atoms with E-state index in [1.165, 1.54) is 12.8 Å². The predicted octanol–water partition coefficient (Wildman–Crippen LogP) is 0.505. The molecule has 0 aromatic heterocycles. The second-order valence-electron chi connectivity index (χ2n) is 5.83. The smallest absolute Gasteiger partial charge is 0.230 e. The Balaban J connectivity index is 2.06. The molecule has 5 nitrogen and oxygen atoms in total. The lowest BCUT2D eigenvalue weighted by Crippen LogP contribution is -2.54. The highest BCUT2D eigenvalue weighted by atomic mass is 16.5. The maximum absolute atomic E-state index is 12.8. The minimum absolute atomic E-state index is 0.0284. The van der Waals surface area contributed by atoms with Crippen LogP contribution in [0.5, 0.6) is 0 Å². The Morgan fingerprint density at radius 2 is 2.00 bits per heavy atom. The van der Waals surface area contributed by atoms with Crippen molar-refractivity contribution < 1.29 is 14.6 Å². The molecule has 0 aromatic rings. The van der Waals surface area contributed by atoms with Gasteiger partial charge >= 0.3 is 0 Å². The lowest BCUT2D eigenvalue weighted by Gasteiger charge is -2.39. The van der Waals surface area contributed by atoms with Gasteiger partial charge in [0.2, 0.25) is 5.91 Å². The van der Waals surface area contributed by atoms with Gasteiger partial charge in [0, 0.05) is 19.6 Å². The number of aliphatic hydroxyl groups is 1. The van der Waals surface area contributed by atoms with Gasteiger partial charge in [0.1, 0.15) is 0 Å². The van der Waals surface area contributed by atoms with Crippen LogP contribution in [0.3, 0.4) is 0 Å². The Labute approximate surface area is 115 Å². The fraction of sp³-hybridized carbons (Fsp3) is 0.929. The Bertz CT molecular complexity index is 301. The molecule has 2 rings (SSSR count). The van der Waals surface area contributed by atoms with Gasteiger partial charge in [0.25, 0.3) is 0 Å². The molecule has 1 amide bonds. The van der Waals surface area contributed by atoms with Crippen LogP contribution >= 0.6 is 0 Å². The number of amides is 1. The van der Waals surface area contributed by atoms with E-state index >= 15 is 0 Å². The lowest BCUT2D eigenvalue weighted by atomic mass is 9.79. The van der Waals surface area contributed by atoms with Crippen LogP contribution in [0.1, 0.15) is 38.5 Å². The molecule has 0 spiro atoms. The largest absolute Gasteiger partial charge is 0.394 e. The van der Waals surface area contributed by atoms with E-state index in [2.05, 4.69) is 0 Å². The van der Waals surface area contributed by atoms with Gasteiger partial charge in [-0.1, -0.05) is 25.7 Å². The highest BCUT2D eigenvalue weighted by molar-refractivity contribution is 5.83. The summed E-state index contributed by atoms with van der Waals surface area (Å²) in [6.07, 6.45) is 6.17. The van der Waals surface area contributed by atoms with Crippen molar-refractivity contribution in [3.63, 3.8) is 0 Å². The average Bonchev–Trinajstić information content (AvgIpc) is 2.73. The molecule has 19 heavy (non-hydrogen) atoms. The fourth-order valence-electron chi connectivity index (χ4n) is 3.26. The summed E-state index contributed by atoms with van der Waals surface area (Å²) in [6, 6.07) is 0. The number of morpholine rings is 1. The zero-order valence-corrected chi connectivity index (χ0v) is 11.6. The average molecular weight is 270 g/mol. The van der Waals surface area contributed by atoms with Crippen molar-refractivity contribution >= 4 is 5.91 Å². The predicted molar refractivity (Wildman–Crippen MR) is 72.6 cm³/mol. The molecule has 3 N–H and O–H groups in total. The van der Waals surface area contributed by atoms with E-state index in [1.54, 1.807) is 0 Å². The van der Waals surface area contributed by atoms with Crippen LogP contribution in [0.25, 0.3) is 0 Å². The molecular weight excluding hydrogens is 244 g/mol. The van der Waals surface area contributed by atoms with Crippen molar-refractivity contribution in [2.45, 2.75) is 44.6 Å². The number of ether oxygens (including phenoxy) is 1. The summed E-state index contributed by atoms with van der Waals surface area (Å²) in [4.78, 5) is 14.7. The normalized spacial score (nSPS) is 27.9. The maximum atomic E-state index is 12.8. The molecule has 5 heteroatoms. The van der Waals surface area contributed by atoms with Crippen LogP contribution in [0.2, 0.25) is 0 Å². The number of nitrogens with two attached hydrogens (primary N) is 1. The first kappa shape index (κ1) is 14.8. The van der Waals surface area contributed by atoms with Crippen molar-refractivity contribution in [2.75, 3.05) is 32.8 Å². The van der Waals surface area contributed by atoms with Gasteiger partial charge in [0.15, 0.2) is 0 Å². The Kier molecular flexibility index (Phi) is 5.19. The molecule has 1 saturated heterocycles. The van der Waals surface area contributed by atoms with Crippen molar-refractivity contribution in [3.05, 3.63) is 0 Å². The SMILES string of the molecule is NCC1(C(=O)N2CCOC(CO)C2)CCCCCC1. The molecule has 0 bridgehead atoms. The van der Waals surface area contributed by atoms with Crippen molar-refractivity contribution in [1.82, 2.24) is 4.90 Å². The highest BCUT2D eigenvalue weighted by Crippen LogP contribution is 2.36. The van der Waals surface area contributed by atoms with Gasteiger partial charge in [-0.3, -0.25) is 4.79 Å². The third kappa shape index (κ3) is 3.27. The van der Waals surface area contributed by atoms with Crippen LogP contribution in [0.15, 0.2) is 0 Å². The monoisotopic (exact) mass is 270 g/mol. The molecule has 1 heterocycles. The standard InChI is InChI=1S/C14H26N2O3/c15-11-14(5-3-1-2-4-6-14)13(18)16-7-8-19-12(9-16)10-17/h12,17H,1-11,15H2. The summed E-state index contributed by atoms with van der Waals surface area (Å²) in [7, 11) is 0. The fourth-order valence-corrected chi connectivity index (χ4v) is 3.26. The number of rotatable bonds is 3. The van der Waals surface area contributed by atoms with Gasteiger partial charge in [-0.25, -0.2) is 0 Å². The summed E-state index contributed by atoms with van der Waals surface area (Å²) in [5.41, 5.74) is 5.59. The topological polar surface area (TPSA) is 75.8 Å². The zero-order valence-electron chi connectivity index (χ0n) is 11.6. The molecule has 1 aliphatic carbocycles. The highest BCUT2D eigenvalue weighted by Gasteiger charge is 2.41. The quantitative estimate of drug-likeness (QED) is 0.733. The van der Waals surface area contributed by atoms with Crippen LogP contribution in [0.4, 0.5) is 0 Å². The Morgan fingerprint density at radius 1 is 1.32 bits per heavy atom. The van der Waals surface area contributed by atoms with E-state index in [1.807, 2.05) is 4.90 Å². The van der Waals surface area contributed by atoms with Gasteiger partial charge in [-0.05, 0) is 12.8 Å². The van der Waals surface area contributed by atoms with Crippen molar-refractivity contribution in [3.8, 4) is 0 Å². The first-order valence-corrected chi connectivity index (χ1v) is 7.44. The molecule has 1 saturated carbocycles. The third-order valence-electron chi connectivity index (χ3n) is 4.53. The second kappa shape index (κ2) is 6.68. The first-order chi connectivity index (χ1) is 9.22. The number of hydrogen-bond donors (Lipinski definition) is 2. The minimum atomic E-state index is -0.367. The molecule has 2 aliphatic rings. The lowest BCUT2D eigenvalue weighted by molar-refractivity contribution is -0.151. The molecule has 1 atom stereocenters. The van der Waals surface area contributed by atoms with Crippen LogP contribution in [0, 0.1) is 5.41 Å². The van der Waals surface area contributed by atoms with E-state index in [9.17, 15) is 9.90 Å². The molecule has 0 radical (unpaired) electrons. The van der Waals surface area contributed by atoms with E-state index in [0.29, 0.717) is 26.2 Å². The summed E-state index contributed by atoms with van der Waals surface area (Å²) < 4.78 is 5.41. The number of aliphatic hydroxyl groups excluding tert-OH is 1. The van der Waals surface area contributed by atoms with Gasteiger partial charge in [-0.15, -0.1) is 0 Å².